The molecule has 6 aromatic carbocycles. The van der Waals surface area contributed by atoms with Crippen LogP contribution in [0.25, 0.3) is 0 Å². The Hall–Kier alpha value is -6.12. The van der Waals surface area contributed by atoms with Crippen LogP contribution in [0.15, 0.2) is 140 Å². The third kappa shape index (κ3) is 9.95. The highest BCUT2D eigenvalue weighted by Gasteiger charge is 2.10. The molecule has 254 valence electrons. The van der Waals surface area contributed by atoms with Crippen LogP contribution in [0.1, 0.15) is 33.4 Å². The summed E-state index contributed by atoms with van der Waals surface area (Å²) >= 11 is 0. The van der Waals surface area contributed by atoms with Crippen LogP contribution in [-0.2, 0) is 39.6 Å². The summed E-state index contributed by atoms with van der Waals surface area (Å²) in [5.74, 6) is 3.79. The smallest absolute Gasteiger partial charge is 0.162 e. The second-order valence-electron chi connectivity index (χ2n) is 11.6. The summed E-state index contributed by atoms with van der Waals surface area (Å²) in [5, 5.41) is 28.4. The lowest BCUT2D eigenvalue weighted by atomic mass is 10.2. The maximum absolute atomic E-state index is 9.62. The highest BCUT2D eigenvalue weighted by Crippen LogP contribution is 2.31. The molecule has 0 saturated carbocycles. The second kappa shape index (κ2) is 16.8. The van der Waals surface area contributed by atoms with Crippen LogP contribution in [0.3, 0.4) is 0 Å². The Morgan fingerprint density at radius 1 is 0.320 bits per heavy atom. The minimum absolute atomic E-state index is 0.0129. The van der Waals surface area contributed by atoms with E-state index in [4.69, 9.17) is 23.7 Å². The number of aromatic hydroxyl groups is 2. The Labute approximate surface area is 291 Å². The lowest BCUT2D eigenvalue weighted by Gasteiger charge is -2.15. The highest BCUT2D eigenvalue weighted by molar-refractivity contribution is 5.44. The predicted octanol–water partition coefficient (Wildman–Crippen LogP) is 8.49. The molecule has 0 aromatic heterocycles. The molecule has 6 rings (SSSR count). The van der Waals surface area contributed by atoms with Crippen molar-refractivity contribution < 1.29 is 39.0 Å². The van der Waals surface area contributed by atoms with Gasteiger partial charge in [-0.05, 0) is 106 Å². The zero-order valence-corrected chi connectivity index (χ0v) is 27.4. The predicted molar refractivity (Wildman–Crippen MR) is 190 cm³/mol. The van der Waals surface area contributed by atoms with Gasteiger partial charge in [-0.3, -0.25) is 0 Å². The van der Waals surface area contributed by atoms with Gasteiger partial charge in [-0.25, -0.2) is 0 Å². The molecule has 0 heterocycles. The average molecular weight is 671 g/mol. The molecule has 0 saturated heterocycles. The topological polar surface area (TPSA) is 107 Å². The summed E-state index contributed by atoms with van der Waals surface area (Å²) in [6.07, 6.45) is 0. The Balaban J connectivity index is 1.00. The first-order chi connectivity index (χ1) is 24.5. The number of ether oxygens (including phenoxy) is 5. The minimum Gasteiger partial charge on any atom is -0.508 e. The highest BCUT2D eigenvalue weighted by atomic mass is 16.5. The maximum Gasteiger partial charge on any atom is 0.162 e. The molecule has 50 heavy (non-hydrogen) atoms. The third-order valence-electron chi connectivity index (χ3n) is 7.84. The van der Waals surface area contributed by atoms with Crippen molar-refractivity contribution >= 4 is 0 Å². The number of hydrogen-bond acceptors (Lipinski definition) is 8. The first-order valence-electron chi connectivity index (χ1n) is 16.2. The number of rotatable bonds is 16. The van der Waals surface area contributed by atoms with Crippen LogP contribution >= 0.6 is 0 Å². The molecule has 0 bridgehead atoms. The van der Waals surface area contributed by atoms with E-state index in [1.807, 2.05) is 115 Å². The van der Waals surface area contributed by atoms with E-state index in [2.05, 4.69) is 0 Å². The molecule has 3 N–H and O–H groups in total. The van der Waals surface area contributed by atoms with Gasteiger partial charge >= 0.3 is 0 Å². The summed E-state index contributed by atoms with van der Waals surface area (Å²) in [7, 11) is 0. The van der Waals surface area contributed by atoms with E-state index >= 15 is 0 Å². The Morgan fingerprint density at radius 2 is 0.640 bits per heavy atom. The number of hydrogen-bond donors (Lipinski definition) is 3. The second-order valence-corrected chi connectivity index (χ2v) is 11.6. The Morgan fingerprint density at radius 3 is 1.06 bits per heavy atom. The Bertz CT molecular complexity index is 1920. The normalized spacial score (nSPS) is 10.7. The zero-order valence-electron chi connectivity index (χ0n) is 27.4. The molecule has 0 aliphatic carbocycles. The van der Waals surface area contributed by atoms with Crippen LogP contribution in [0, 0.1) is 0 Å². The molecule has 0 radical (unpaired) electrons. The third-order valence-corrected chi connectivity index (χ3v) is 7.84. The molecular formula is C42H38O8. The van der Waals surface area contributed by atoms with Crippen LogP contribution in [-0.4, -0.2) is 15.3 Å². The molecule has 8 nitrogen and oxygen atoms in total. The van der Waals surface area contributed by atoms with E-state index in [1.54, 1.807) is 24.3 Å². The molecule has 6 aromatic rings. The van der Waals surface area contributed by atoms with Gasteiger partial charge in [0.2, 0.25) is 0 Å². The van der Waals surface area contributed by atoms with E-state index in [0.29, 0.717) is 44.5 Å². The van der Waals surface area contributed by atoms with E-state index in [0.717, 1.165) is 50.6 Å². The fraction of sp³-hybridized carbons (Fsp3) is 0.143. The van der Waals surface area contributed by atoms with Crippen molar-refractivity contribution in [3.05, 3.63) is 173 Å². The van der Waals surface area contributed by atoms with Gasteiger partial charge in [0.15, 0.2) is 11.5 Å². The quantitative estimate of drug-likeness (QED) is 0.0942. The van der Waals surface area contributed by atoms with Crippen LogP contribution in [0.2, 0.25) is 0 Å². The summed E-state index contributed by atoms with van der Waals surface area (Å²) in [6.45, 7) is 1.80. The fourth-order valence-corrected chi connectivity index (χ4v) is 4.94. The first-order valence-corrected chi connectivity index (χ1v) is 16.2. The number of aliphatic hydroxyl groups excluding tert-OH is 1. The monoisotopic (exact) mass is 670 g/mol. The summed E-state index contributed by atoms with van der Waals surface area (Å²) < 4.78 is 30.1. The van der Waals surface area contributed by atoms with E-state index in [1.165, 1.54) is 0 Å². The minimum atomic E-state index is 0.0129. The van der Waals surface area contributed by atoms with E-state index < -0.39 is 0 Å². The first kappa shape index (κ1) is 33.8. The number of benzene rings is 6. The van der Waals surface area contributed by atoms with Crippen molar-refractivity contribution in [2.75, 3.05) is 0 Å². The van der Waals surface area contributed by atoms with Crippen molar-refractivity contribution in [1.29, 1.82) is 0 Å². The van der Waals surface area contributed by atoms with Gasteiger partial charge < -0.3 is 39.0 Å². The van der Waals surface area contributed by atoms with Crippen LogP contribution < -0.4 is 23.7 Å². The van der Waals surface area contributed by atoms with Gasteiger partial charge in [0.1, 0.15) is 61.8 Å². The Kier molecular flexibility index (Phi) is 11.4. The van der Waals surface area contributed by atoms with Gasteiger partial charge in [-0.15, -0.1) is 0 Å². The molecule has 8 heteroatoms. The van der Waals surface area contributed by atoms with Gasteiger partial charge in [0.25, 0.3) is 0 Å². The maximum atomic E-state index is 9.62. The SMILES string of the molecule is OCc1ccc(OCc2ccc(OCc3ccc(OCc4ccc(OCc5ccc(O)cc5)c(OCc5ccc(O)cc5)c4)cc3)cc2)cc1. The molecule has 0 aliphatic heterocycles. The molecular weight excluding hydrogens is 632 g/mol. The molecule has 0 spiro atoms. The molecule has 0 fully saturated rings. The van der Waals surface area contributed by atoms with E-state index in [9.17, 15) is 15.3 Å². The summed E-state index contributed by atoms with van der Waals surface area (Å²) in [5.41, 5.74) is 5.61. The van der Waals surface area contributed by atoms with Crippen LogP contribution in [0.4, 0.5) is 0 Å². The standard InChI is InChI=1S/C42H38O8/c43-24-30-5-16-38(17-6-30)46-25-33-7-18-39(19-8-33)47-26-34-9-20-40(21-10-34)48-29-35-11-22-41(49-27-31-1-12-36(44)13-2-31)42(23-35)50-28-32-3-14-37(45)15-4-32/h1-23,43-45H,24-29H2. The van der Waals surface area contributed by atoms with Gasteiger partial charge in [0.05, 0.1) is 6.61 Å². The summed E-state index contributed by atoms with van der Waals surface area (Å²) in [4.78, 5) is 0. The fourth-order valence-electron chi connectivity index (χ4n) is 4.94. The number of phenolic OH excluding ortho intramolecular Hbond substituents is 2. The van der Waals surface area contributed by atoms with Crippen molar-refractivity contribution in [2.45, 2.75) is 39.6 Å². The van der Waals surface area contributed by atoms with Crippen molar-refractivity contribution in [1.82, 2.24) is 0 Å². The van der Waals surface area contributed by atoms with Crippen molar-refractivity contribution in [2.24, 2.45) is 0 Å². The van der Waals surface area contributed by atoms with Gasteiger partial charge in [-0.2, -0.15) is 0 Å². The largest absolute Gasteiger partial charge is 0.508 e. The van der Waals surface area contributed by atoms with Crippen molar-refractivity contribution in [3.63, 3.8) is 0 Å². The average Bonchev–Trinajstić information content (AvgIpc) is 3.16. The van der Waals surface area contributed by atoms with Crippen LogP contribution in [0.5, 0.6) is 40.2 Å². The molecule has 0 aliphatic rings. The molecule has 0 unspecified atom stereocenters. The lowest BCUT2D eigenvalue weighted by molar-refractivity contribution is 0.254. The molecule has 0 amide bonds. The van der Waals surface area contributed by atoms with Gasteiger partial charge in [0, 0.05) is 0 Å². The zero-order chi connectivity index (χ0) is 34.5. The summed E-state index contributed by atoms with van der Waals surface area (Å²) in [6, 6.07) is 42.4. The van der Waals surface area contributed by atoms with Gasteiger partial charge in [-0.1, -0.05) is 66.7 Å². The van der Waals surface area contributed by atoms with E-state index in [-0.39, 0.29) is 18.1 Å². The number of phenols is 2. The number of aliphatic hydroxyl groups is 1. The van der Waals surface area contributed by atoms with Crippen molar-refractivity contribution in [3.8, 4) is 40.2 Å². The molecule has 0 atom stereocenters. The lowest BCUT2D eigenvalue weighted by Crippen LogP contribution is -2.03.